The molecule has 0 aliphatic carbocycles. The third-order valence-electron chi connectivity index (χ3n) is 3.57. The number of nitrogens with one attached hydrogen (secondary N) is 1. The summed E-state index contributed by atoms with van der Waals surface area (Å²) in [5, 5.41) is 18.8. The molecule has 0 amide bonds. The van der Waals surface area contributed by atoms with Crippen molar-refractivity contribution in [1.82, 2.24) is 4.98 Å². The second kappa shape index (κ2) is 8.09. The molecule has 0 fully saturated rings. The Morgan fingerprint density at radius 2 is 1.85 bits per heavy atom. The molecule has 0 saturated heterocycles. The van der Waals surface area contributed by atoms with Crippen LogP contribution in [0.4, 0.5) is 5.82 Å². The quantitative estimate of drug-likeness (QED) is 0.823. The van der Waals surface area contributed by atoms with Gasteiger partial charge in [0.25, 0.3) is 5.56 Å². The Morgan fingerprint density at radius 1 is 1.15 bits per heavy atom. The van der Waals surface area contributed by atoms with Gasteiger partial charge in [0, 0.05) is 5.56 Å². The highest BCUT2D eigenvalue weighted by molar-refractivity contribution is 5.81. The van der Waals surface area contributed by atoms with Crippen LogP contribution >= 0.6 is 0 Å². The Bertz CT molecular complexity index is 949. The number of H-pyrrole nitrogens is 1. The van der Waals surface area contributed by atoms with Crippen LogP contribution in [0.25, 0.3) is 11.1 Å². The van der Waals surface area contributed by atoms with Gasteiger partial charge in [0.2, 0.25) is 0 Å². The van der Waals surface area contributed by atoms with E-state index in [-0.39, 0.29) is 22.5 Å². The Balaban J connectivity index is 2.67. The average molecular weight is 352 g/mol. The lowest BCUT2D eigenvalue weighted by atomic mass is 9.96. The Labute approximate surface area is 151 Å². The normalized spacial score (nSPS) is 10.2. The fraction of sp³-hybridized carbons (Fsp3) is 0.316. The van der Waals surface area contributed by atoms with Gasteiger partial charge in [-0.25, -0.2) is 0 Å². The summed E-state index contributed by atoms with van der Waals surface area (Å²) in [4.78, 5) is 14.4. The van der Waals surface area contributed by atoms with Crippen LogP contribution in [0.3, 0.4) is 0 Å². The maximum Gasteiger partial charge on any atom is 0.268 e. The number of nitrogens with zero attached hydrogens (tertiary/aromatic N) is 2. The number of aromatic nitrogens is 1. The number of nitriles is 2. The molecule has 0 aliphatic rings. The van der Waals surface area contributed by atoms with Gasteiger partial charge >= 0.3 is 0 Å². The van der Waals surface area contributed by atoms with Crippen LogP contribution in [0.1, 0.15) is 31.9 Å². The fourth-order valence-corrected chi connectivity index (χ4v) is 2.44. The van der Waals surface area contributed by atoms with Crippen molar-refractivity contribution in [2.75, 3.05) is 18.9 Å². The number of hydrogen-bond donors (Lipinski definition) is 2. The number of ether oxygens (including phenoxy) is 2. The summed E-state index contributed by atoms with van der Waals surface area (Å²) in [5.74, 6) is 1.29. The number of hydrogen-bond acceptors (Lipinski definition) is 6. The molecule has 1 heterocycles. The van der Waals surface area contributed by atoms with E-state index < -0.39 is 5.56 Å². The molecule has 0 bridgehead atoms. The molecule has 7 heteroatoms. The van der Waals surface area contributed by atoms with Gasteiger partial charge in [-0.05, 0) is 30.5 Å². The van der Waals surface area contributed by atoms with E-state index in [4.69, 9.17) is 15.2 Å². The van der Waals surface area contributed by atoms with E-state index in [1.807, 2.05) is 32.9 Å². The van der Waals surface area contributed by atoms with Crippen molar-refractivity contribution in [3.8, 4) is 34.8 Å². The first-order valence-corrected chi connectivity index (χ1v) is 8.18. The van der Waals surface area contributed by atoms with E-state index >= 15 is 0 Å². The van der Waals surface area contributed by atoms with Gasteiger partial charge in [-0.1, -0.05) is 19.9 Å². The molecule has 26 heavy (non-hydrogen) atoms. The number of benzene rings is 1. The summed E-state index contributed by atoms with van der Waals surface area (Å²) < 4.78 is 11.4. The van der Waals surface area contributed by atoms with Crippen molar-refractivity contribution in [3.05, 3.63) is 39.7 Å². The minimum absolute atomic E-state index is 0.0412. The molecular weight excluding hydrogens is 332 g/mol. The van der Waals surface area contributed by atoms with Crippen molar-refractivity contribution in [2.45, 2.75) is 20.8 Å². The average Bonchev–Trinajstić information content (AvgIpc) is 2.60. The van der Waals surface area contributed by atoms with Crippen LogP contribution in [0.5, 0.6) is 11.5 Å². The number of nitrogens with two attached hydrogens (primary N) is 1. The number of rotatable bonds is 6. The van der Waals surface area contributed by atoms with Crippen LogP contribution in [-0.4, -0.2) is 18.2 Å². The van der Waals surface area contributed by atoms with Gasteiger partial charge in [-0.3, -0.25) is 4.79 Å². The maximum absolute atomic E-state index is 12.1. The first kappa shape index (κ1) is 18.9. The van der Waals surface area contributed by atoms with Crippen molar-refractivity contribution in [1.29, 1.82) is 10.5 Å². The minimum Gasteiger partial charge on any atom is -0.490 e. The van der Waals surface area contributed by atoms with Crippen molar-refractivity contribution >= 4 is 5.82 Å². The van der Waals surface area contributed by atoms with E-state index in [1.165, 1.54) is 0 Å². The number of pyridine rings is 1. The van der Waals surface area contributed by atoms with Gasteiger partial charge in [0.05, 0.1) is 13.2 Å². The van der Waals surface area contributed by atoms with Gasteiger partial charge in [-0.2, -0.15) is 10.5 Å². The van der Waals surface area contributed by atoms with Gasteiger partial charge in [0.1, 0.15) is 29.1 Å². The molecule has 3 N–H and O–H groups in total. The largest absolute Gasteiger partial charge is 0.490 e. The molecule has 134 valence electrons. The lowest BCUT2D eigenvalue weighted by Gasteiger charge is -2.15. The zero-order chi connectivity index (χ0) is 19.3. The second-order valence-corrected chi connectivity index (χ2v) is 6.02. The minimum atomic E-state index is -0.642. The molecule has 0 saturated carbocycles. The SMILES string of the molecule is CCOc1cc(-c2c(C#N)c(N)[nH]c(=O)c2C#N)ccc1OCC(C)C. The van der Waals surface area contributed by atoms with E-state index in [0.717, 1.165) is 0 Å². The first-order valence-electron chi connectivity index (χ1n) is 8.18. The Hall–Kier alpha value is -3.45. The summed E-state index contributed by atoms with van der Waals surface area (Å²) in [6.07, 6.45) is 0. The summed E-state index contributed by atoms with van der Waals surface area (Å²) in [6.45, 7) is 6.84. The predicted molar refractivity (Wildman–Crippen MR) is 97.8 cm³/mol. The van der Waals surface area contributed by atoms with Crippen LogP contribution in [0, 0.1) is 28.6 Å². The molecule has 2 aromatic rings. The highest BCUT2D eigenvalue weighted by Crippen LogP contribution is 2.36. The molecule has 0 atom stereocenters. The Morgan fingerprint density at radius 3 is 2.42 bits per heavy atom. The van der Waals surface area contributed by atoms with Crippen molar-refractivity contribution in [2.24, 2.45) is 5.92 Å². The van der Waals surface area contributed by atoms with E-state index in [0.29, 0.717) is 36.2 Å². The molecule has 0 unspecified atom stereocenters. The lowest BCUT2D eigenvalue weighted by Crippen LogP contribution is -2.16. The van der Waals surface area contributed by atoms with Gasteiger partial charge in [-0.15, -0.1) is 0 Å². The number of aromatic amines is 1. The highest BCUT2D eigenvalue weighted by Gasteiger charge is 2.19. The van der Waals surface area contributed by atoms with Crippen LogP contribution < -0.4 is 20.8 Å². The third-order valence-corrected chi connectivity index (χ3v) is 3.57. The van der Waals surface area contributed by atoms with Gasteiger partial charge in [0.15, 0.2) is 11.5 Å². The molecule has 0 radical (unpaired) electrons. The summed E-state index contributed by atoms with van der Waals surface area (Å²) in [7, 11) is 0. The zero-order valence-corrected chi connectivity index (χ0v) is 14.9. The molecule has 0 spiro atoms. The number of anilines is 1. The van der Waals surface area contributed by atoms with E-state index in [2.05, 4.69) is 4.98 Å². The summed E-state index contributed by atoms with van der Waals surface area (Å²) in [6, 6.07) is 8.82. The van der Waals surface area contributed by atoms with E-state index in [9.17, 15) is 15.3 Å². The van der Waals surface area contributed by atoms with Crippen LogP contribution in [-0.2, 0) is 0 Å². The summed E-state index contributed by atoms with van der Waals surface area (Å²) >= 11 is 0. The fourth-order valence-electron chi connectivity index (χ4n) is 2.44. The summed E-state index contributed by atoms with van der Waals surface area (Å²) in [5.41, 5.74) is 5.66. The smallest absolute Gasteiger partial charge is 0.268 e. The topological polar surface area (TPSA) is 125 Å². The van der Waals surface area contributed by atoms with Crippen molar-refractivity contribution < 1.29 is 9.47 Å². The maximum atomic E-state index is 12.1. The molecule has 0 aliphatic heterocycles. The predicted octanol–water partition coefficient (Wildman–Crippen LogP) is 2.80. The first-order chi connectivity index (χ1) is 12.4. The standard InChI is InChI=1S/C19H20N4O3/c1-4-25-16-7-12(5-6-15(16)26-10-11(2)3)17-13(8-20)18(22)23-19(24)14(17)9-21/h5-7,11H,4,10H2,1-3H3,(H3,22,23,24). The Kier molecular flexibility index (Phi) is 5.87. The molecular formula is C19H20N4O3. The third kappa shape index (κ3) is 3.79. The molecule has 2 rings (SSSR count). The van der Waals surface area contributed by atoms with E-state index in [1.54, 1.807) is 18.2 Å². The second-order valence-electron chi connectivity index (χ2n) is 6.02. The van der Waals surface area contributed by atoms with Crippen LogP contribution in [0.2, 0.25) is 0 Å². The number of nitrogen functional groups attached to an aromatic ring is 1. The van der Waals surface area contributed by atoms with Gasteiger partial charge < -0.3 is 20.2 Å². The molecule has 7 nitrogen and oxygen atoms in total. The van der Waals surface area contributed by atoms with Crippen LogP contribution in [0.15, 0.2) is 23.0 Å². The molecule has 1 aromatic heterocycles. The van der Waals surface area contributed by atoms with Crippen molar-refractivity contribution in [3.63, 3.8) is 0 Å². The zero-order valence-electron chi connectivity index (χ0n) is 14.9. The highest BCUT2D eigenvalue weighted by atomic mass is 16.5. The molecule has 1 aromatic carbocycles. The monoisotopic (exact) mass is 352 g/mol. The lowest BCUT2D eigenvalue weighted by molar-refractivity contribution is 0.248.